The quantitative estimate of drug-likeness (QED) is 0.0441. The Morgan fingerprint density at radius 2 is 0.755 bits per heavy atom. The van der Waals surface area contributed by atoms with Gasteiger partial charge in [-0.2, -0.15) is 0 Å². The van der Waals surface area contributed by atoms with Gasteiger partial charge in [0.05, 0.1) is 18.8 Å². The molecule has 0 aliphatic carbocycles. The van der Waals surface area contributed by atoms with Crippen molar-refractivity contribution in [1.82, 2.24) is 5.32 Å². The first kappa shape index (κ1) is 48.1. The molecule has 2 atom stereocenters. The van der Waals surface area contributed by atoms with Gasteiger partial charge in [0.25, 0.3) is 0 Å². The molecular formula is C45H89NO3. The number of aliphatic hydroxyl groups excluding tert-OH is 2. The van der Waals surface area contributed by atoms with E-state index in [1.54, 1.807) is 6.08 Å². The van der Waals surface area contributed by atoms with E-state index in [1.165, 1.54) is 205 Å². The molecule has 0 rings (SSSR count). The number of hydrogen-bond donors (Lipinski definition) is 3. The lowest BCUT2D eigenvalue weighted by Gasteiger charge is -2.20. The molecule has 0 saturated carbocycles. The summed E-state index contributed by atoms with van der Waals surface area (Å²) in [6, 6.07) is -0.614. The van der Waals surface area contributed by atoms with Crippen LogP contribution < -0.4 is 5.32 Å². The maximum atomic E-state index is 12.3. The molecule has 0 aliphatic rings. The number of amides is 1. The van der Waals surface area contributed by atoms with E-state index in [4.69, 9.17) is 0 Å². The minimum Gasteiger partial charge on any atom is -0.394 e. The summed E-state index contributed by atoms with van der Waals surface area (Å²) in [6.07, 6.45) is 52.0. The lowest BCUT2D eigenvalue weighted by atomic mass is 10.0. The van der Waals surface area contributed by atoms with E-state index < -0.39 is 12.1 Å². The van der Waals surface area contributed by atoms with Crippen LogP contribution in [-0.4, -0.2) is 34.9 Å². The molecule has 0 aromatic rings. The molecule has 0 spiro atoms. The van der Waals surface area contributed by atoms with E-state index in [-0.39, 0.29) is 12.5 Å². The van der Waals surface area contributed by atoms with Crippen molar-refractivity contribution < 1.29 is 15.0 Å². The third-order valence-electron chi connectivity index (χ3n) is 10.5. The molecule has 0 aromatic heterocycles. The zero-order valence-electron chi connectivity index (χ0n) is 33.5. The predicted molar refractivity (Wildman–Crippen MR) is 216 cm³/mol. The van der Waals surface area contributed by atoms with Crippen LogP contribution in [0.2, 0.25) is 0 Å². The van der Waals surface area contributed by atoms with Gasteiger partial charge in [0.2, 0.25) is 5.91 Å². The summed E-state index contributed by atoms with van der Waals surface area (Å²) in [7, 11) is 0. The monoisotopic (exact) mass is 692 g/mol. The molecule has 0 aliphatic heterocycles. The first-order valence-electron chi connectivity index (χ1n) is 22.4. The molecule has 0 heterocycles. The molecule has 0 saturated heterocycles. The van der Waals surface area contributed by atoms with Crippen molar-refractivity contribution in [2.75, 3.05) is 6.61 Å². The number of unbranched alkanes of at least 4 members (excludes halogenated alkanes) is 34. The summed E-state index contributed by atoms with van der Waals surface area (Å²) in [5.74, 6) is -0.0617. The molecule has 4 heteroatoms. The van der Waals surface area contributed by atoms with Crippen molar-refractivity contribution >= 4 is 5.91 Å². The fourth-order valence-corrected chi connectivity index (χ4v) is 7.06. The number of nitrogens with one attached hydrogen (secondary N) is 1. The molecule has 0 aromatic carbocycles. The summed E-state index contributed by atoms with van der Waals surface area (Å²) in [4.78, 5) is 12.3. The second-order valence-electron chi connectivity index (χ2n) is 15.5. The van der Waals surface area contributed by atoms with Crippen molar-refractivity contribution in [3.63, 3.8) is 0 Å². The molecule has 0 fully saturated rings. The molecule has 49 heavy (non-hydrogen) atoms. The number of rotatable bonds is 41. The van der Waals surface area contributed by atoms with Gasteiger partial charge in [0.15, 0.2) is 0 Å². The molecule has 292 valence electrons. The molecule has 4 nitrogen and oxygen atoms in total. The molecular weight excluding hydrogens is 602 g/mol. The number of hydrogen-bond acceptors (Lipinski definition) is 3. The van der Waals surface area contributed by atoms with E-state index >= 15 is 0 Å². The van der Waals surface area contributed by atoms with Gasteiger partial charge in [-0.1, -0.05) is 238 Å². The predicted octanol–water partition coefficient (Wildman–Crippen LogP) is 13.9. The summed E-state index contributed by atoms with van der Waals surface area (Å²) in [5, 5.41) is 22.9. The van der Waals surface area contributed by atoms with Crippen LogP contribution in [0.5, 0.6) is 0 Å². The summed E-state index contributed by atoms with van der Waals surface area (Å²) in [5.41, 5.74) is 0. The zero-order chi connectivity index (χ0) is 35.7. The first-order chi connectivity index (χ1) is 24.2. The van der Waals surface area contributed by atoms with Crippen molar-refractivity contribution in [1.29, 1.82) is 0 Å². The summed E-state index contributed by atoms with van der Waals surface area (Å²) >= 11 is 0. The van der Waals surface area contributed by atoms with Gasteiger partial charge >= 0.3 is 0 Å². The normalized spacial score (nSPS) is 13.0. The van der Waals surface area contributed by atoms with Crippen LogP contribution in [0, 0.1) is 0 Å². The Kier molecular flexibility index (Phi) is 40.8. The van der Waals surface area contributed by atoms with Crippen molar-refractivity contribution in [2.24, 2.45) is 0 Å². The SMILES string of the molecule is CCCCCCCCC/C=C/[C@@H](O)[C@H](CO)NC(=O)CCCCCCCCCCCCCCCCCCCCCCCCCCCCCC. The van der Waals surface area contributed by atoms with Gasteiger partial charge in [0, 0.05) is 6.42 Å². The van der Waals surface area contributed by atoms with E-state index in [1.807, 2.05) is 6.08 Å². The van der Waals surface area contributed by atoms with E-state index in [0.717, 1.165) is 25.7 Å². The van der Waals surface area contributed by atoms with Crippen LogP contribution in [0.1, 0.15) is 251 Å². The fourth-order valence-electron chi connectivity index (χ4n) is 7.06. The van der Waals surface area contributed by atoms with Crippen LogP contribution in [0.3, 0.4) is 0 Å². The minimum absolute atomic E-state index is 0.0617. The highest BCUT2D eigenvalue weighted by molar-refractivity contribution is 5.76. The Balaban J connectivity index is 3.39. The molecule has 0 unspecified atom stereocenters. The maximum Gasteiger partial charge on any atom is 0.220 e. The fraction of sp³-hybridized carbons (Fsp3) is 0.933. The van der Waals surface area contributed by atoms with Crippen LogP contribution >= 0.6 is 0 Å². The lowest BCUT2D eigenvalue weighted by Crippen LogP contribution is -2.45. The Morgan fingerprint density at radius 1 is 0.469 bits per heavy atom. The third-order valence-corrected chi connectivity index (χ3v) is 10.5. The molecule has 1 amide bonds. The van der Waals surface area contributed by atoms with E-state index in [2.05, 4.69) is 19.2 Å². The smallest absolute Gasteiger partial charge is 0.220 e. The summed E-state index contributed by atoms with van der Waals surface area (Å²) < 4.78 is 0. The van der Waals surface area contributed by atoms with Gasteiger partial charge < -0.3 is 15.5 Å². The molecule has 0 bridgehead atoms. The lowest BCUT2D eigenvalue weighted by molar-refractivity contribution is -0.123. The van der Waals surface area contributed by atoms with E-state index in [0.29, 0.717) is 6.42 Å². The second kappa shape index (κ2) is 41.5. The van der Waals surface area contributed by atoms with Crippen LogP contribution in [0.4, 0.5) is 0 Å². The Bertz CT molecular complexity index is 666. The third kappa shape index (κ3) is 38.2. The average Bonchev–Trinajstić information content (AvgIpc) is 3.10. The minimum atomic E-state index is -0.831. The highest BCUT2D eigenvalue weighted by Crippen LogP contribution is 2.17. The number of carbonyl (C=O) groups is 1. The summed E-state index contributed by atoms with van der Waals surface area (Å²) in [6.45, 7) is 4.30. The van der Waals surface area contributed by atoms with Gasteiger partial charge in [-0.3, -0.25) is 4.79 Å². The van der Waals surface area contributed by atoms with Gasteiger partial charge in [-0.25, -0.2) is 0 Å². The van der Waals surface area contributed by atoms with Gasteiger partial charge in [0.1, 0.15) is 0 Å². The molecule has 0 radical (unpaired) electrons. The van der Waals surface area contributed by atoms with Gasteiger partial charge in [-0.05, 0) is 19.3 Å². The Labute approximate surface area is 307 Å². The number of carbonyl (C=O) groups excluding carboxylic acids is 1. The van der Waals surface area contributed by atoms with Crippen molar-refractivity contribution in [3.05, 3.63) is 12.2 Å². The number of allylic oxidation sites excluding steroid dienone is 1. The average molecular weight is 692 g/mol. The van der Waals surface area contributed by atoms with Gasteiger partial charge in [-0.15, -0.1) is 0 Å². The Morgan fingerprint density at radius 3 is 1.06 bits per heavy atom. The van der Waals surface area contributed by atoms with Crippen LogP contribution in [0.25, 0.3) is 0 Å². The Hall–Kier alpha value is -0.870. The van der Waals surface area contributed by atoms with Crippen molar-refractivity contribution in [3.8, 4) is 0 Å². The largest absolute Gasteiger partial charge is 0.394 e. The zero-order valence-corrected chi connectivity index (χ0v) is 33.5. The second-order valence-corrected chi connectivity index (χ2v) is 15.5. The molecule has 3 N–H and O–H groups in total. The standard InChI is InChI=1S/C45H89NO3/c1-3-5-7-9-11-13-14-15-16-17-18-19-20-21-22-23-24-25-26-27-28-29-30-31-33-35-37-39-41-45(49)46-43(42-47)44(48)40-38-36-34-32-12-10-8-6-4-2/h38,40,43-44,47-48H,3-37,39,41-42H2,1-2H3,(H,46,49)/b40-38+/t43-,44+/m0/s1. The topological polar surface area (TPSA) is 69.6 Å². The number of aliphatic hydroxyl groups is 2. The first-order valence-corrected chi connectivity index (χ1v) is 22.4. The highest BCUT2D eigenvalue weighted by atomic mass is 16.3. The van der Waals surface area contributed by atoms with Crippen LogP contribution in [0.15, 0.2) is 12.2 Å². The maximum absolute atomic E-state index is 12.3. The van der Waals surface area contributed by atoms with Crippen molar-refractivity contribution in [2.45, 2.75) is 264 Å². The van der Waals surface area contributed by atoms with E-state index in [9.17, 15) is 15.0 Å². The van der Waals surface area contributed by atoms with Crippen LogP contribution in [-0.2, 0) is 4.79 Å². The highest BCUT2D eigenvalue weighted by Gasteiger charge is 2.17.